The highest BCUT2D eigenvalue weighted by molar-refractivity contribution is 5.81. The van der Waals surface area contributed by atoms with Crippen LogP contribution in [0.1, 0.15) is 18.4 Å². The number of cyclic esters (lactones) is 1. The Hall–Kier alpha value is -1.77. The highest BCUT2D eigenvalue weighted by Gasteiger charge is 2.55. The molecule has 0 aromatic heterocycles. The number of esters is 1. The standard InChI is InChI=1S/C15H16O3/c1-10-6-12-9-18-14(17)15(12,7-10)8-11-2-4-13(16)5-3-11/h2-5,12,16H,1,6-9H2/t12-,15-/m1/s1. The van der Waals surface area contributed by atoms with Crippen molar-refractivity contribution in [2.45, 2.75) is 19.3 Å². The topological polar surface area (TPSA) is 46.5 Å². The van der Waals surface area contributed by atoms with Crippen molar-refractivity contribution in [1.82, 2.24) is 0 Å². The van der Waals surface area contributed by atoms with Gasteiger partial charge in [0.05, 0.1) is 12.0 Å². The molecule has 1 aromatic carbocycles. The summed E-state index contributed by atoms with van der Waals surface area (Å²) < 4.78 is 5.24. The summed E-state index contributed by atoms with van der Waals surface area (Å²) in [5.74, 6) is 0.433. The fourth-order valence-corrected chi connectivity index (χ4v) is 3.24. The number of benzene rings is 1. The van der Waals surface area contributed by atoms with Crippen LogP contribution >= 0.6 is 0 Å². The van der Waals surface area contributed by atoms with E-state index in [1.165, 1.54) is 0 Å². The summed E-state index contributed by atoms with van der Waals surface area (Å²) >= 11 is 0. The van der Waals surface area contributed by atoms with E-state index in [0.29, 0.717) is 13.0 Å². The lowest BCUT2D eigenvalue weighted by Gasteiger charge is -2.23. The summed E-state index contributed by atoms with van der Waals surface area (Å²) in [5.41, 5.74) is 1.80. The monoisotopic (exact) mass is 244 g/mol. The van der Waals surface area contributed by atoms with E-state index < -0.39 is 5.41 Å². The van der Waals surface area contributed by atoms with Crippen molar-refractivity contribution in [2.24, 2.45) is 11.3 Å². The predicted octanol–water partition coefficient (Wildman–Crippen LogP) is 2.44. The Labute approximate surface area is 106 Å². The molecule has 1 aliphatic carbocycles. The van der Waals surface area contributed by atoms with Crippen molar-refractivity contribution in [3.8, 4) is 5.75 Å². The van der Waals surface area contributed by atoms with E-state index in [-0.39, 0.29) is 17.6 Å². The van der Waals surface area contributed by atoms with Gasteiger partial charge in [-0.05, 0) is 37.0 Å². The first-order valence-electron chi connectivity index (χ1n) is 6.22. The van der Waals surface area contributed by atoms with Crippen LogP contribution < -0.4 is 0 Å². The molecule has 1 aliphatic heterocycles. The smallest absolute Gasteiger partial charge is 0.313 e. The third-order valence-electron chi connectivity index (χ3n) is 4.16. The first-order valence-corrected chi connectivity index (χ1v) is 6.22. The van der Waals surface area contributed by atoms with Crippen LogP contribution in [0, 0.1) is 11.3 Å². The third-order valence-corrected chi connectivity index (χ3v) is 4.16. The molecule has 3 rings (SSSR count). The van der Waals surface area contributed by atoms with E-state index in [0.717, 1.165) is 24.0 Å². The summed E-state index contributed by atoms with van der Waals surface area (Å²) in [5, 5.41) is 9.29. The average molecular weight is 244 g/mol. The summed E-state index contributed by atoms with van der Waals surface area (Å²) in [6, 6.07) is 7.05. The van der Waals surface area contributed by atoms with Gasteiger partial charge in [-0.15, -0.1) is 0 Å². The van der Waals surface area contributed by atoms with E-state index in [2.05, 4.69) is 6.58 Å². The lowest BCUT2D eigenvalue weighted by atomic mass is 9.75. The molecule has 1 N–H and O–H groups in total. The maximum atomic E-state index is 12.1. The Balaban J connectivity index is 1.91. The first kappa shape index (κ1) is 11.3. The fraction of sp³-hybridized carbons (Fsp3) is 0.400. The van der Waals surface area contributed by atoms with Crippen LogP contribution in [0.25, 0.3) is 0 Å². The Morgan fingerprint density at radius 2 is 2.11 bits per heavy atom. The van der Waals surface area contributed by atoms with Gasteiger partial charge in [-0.2, -0.15) is 0 Å². The van der Waals surface area contributed by atoms with Crippen LogP contribution in [-0.2, 0) is 16.0 Å². The zero-order chi connectivity index (χ0) is 12.8. The largest absolute Gasteiger partial charge is 0.508 e. The number of carbonyl (C=O) groups excluding carboxylic acids is 1. The molecule has 3 nitrogen and oxygen atoms in total. The molecule has 0 radical (unpaired) electrons. The Bertz CT molecular complexity index is 503. The number of fused-ring (bicyclic) bond motifs is 1. The van der Waals surface area contributed by atoms with E-state index in [4.69, 9.17) is 4.74 Å². The summed E-state index contributed by atoms with van der Waals surface area (Å²) in [4.78, 5) is 12.1. The van der Waals surface area contributed by atoms with Crippen LogP contribution in [0.2, 0.25) is 0 Å². The van der Waals surface area contributed by atoms with Gasteiger partial charge in [0, 0.05) is 5.92 Å². The van der Waals surface area contributed by atoms with E-state index in [1.807, 2.05) is 12.1 Å². The Morgan fingerprint density at radius 3 is 2.83 bits per heavy atom. The predicted molar refractivity (Wildman–Crippen MR) is 67.1 cm³/mol. The summed E-state index contributed by atoms with van der Waals surface area (Å²) in [7, 11) is 0. The molecular weight excluding hydrogens is 228 g/mol. The molecule has 1 aromatic rings. The van der Waals surface area contributed by atoms with Crippen LogP contribution in [0.5, 0.6) is 5.75 Å². The number of hydrogen-bond donors (Lipinski definition) is 1. The van der Waals surface area contributed by atoms with Crippen molar-refractivity contribution in [1.29, 1.82) is 0 Å². The van der Waals surface area contributed by atoms with Gasteiger partial charge in [0.1, 0.15) is 5.75 Å². The minimum Gasteiger partial charge on any atom is -0.508 e. The normalized spacial score (nSPS) is 30.3. The maximum Gasteiger partial charge on any atom is 0.313 e. The zero-order valence-corrected chi connectivity index (χ0v) is 10.2. The average Bonchev–Trinajstić information content (AvgIpc) is 2.79. The van der Waals surface area contributed by atoms with Crippen LogP contribution in [0.4, 0.5) is 0 Å². The first-order chi connectivity index (χ1) is 8.60. The van der Waals surface area contributed by atoms with Crippen molar-refractivity contribution in [2.75, 3.05) is 6.61 Å². The quantitative estimate of drug-likeness (QED) is 0.642. The highest BCUT2D eigenvalue weighted by atomic mass is 16.5. The second-order valence-electron chi connectivity index (χ2n) is 5.43. The second-order valence-corrected chi connectivity index (χ2v) is 5.43. The summed E-state index contributed by atoms with van der Waals surface area (Å²) in [6.45, 7) is 4.55. The van der Waals surface area contributed by atoms with Gasteiger partial charge in [0.25, 0.3) is 0 Å². The van der Waals surface area contributed by atoms with Gasteiger partial charge >= 0.3 is 5.97 Å². The van der Waals surface area contributed by atoms with Gasteiger partial charge in [0.15, 0.2) is 0 Å². The van der Waals surface area contributed by atoms with E-state index in [1.54, 1.807) is 12.1 Å². The van der Waals surface area contributed by atoms with Crippen LogP contribution in [0.3, 0.4) is 0 Å². The second kappa shape index (κ2) is 3.87. The fourth-order valence-electron chi connectivity index (χ4n) is 3.24. The molecule has 0 bridgehead atoms. The van der Waals surface area contributed by atoms with Crippen molar-refractivity contribution in [3.63, 3.8) is 0 Å². The van der Waals surface area contributed by atoms with Gasteiger partial charge in [-0.3, -0.25) is 4.79 Å². The molecule has 2 aliphatic rings. The van der Waals surface area contributed by atoms with Crippen molar-refractivity contribution < 1.29 is 14.6 Å². The molecule has 1 saturated heterocycles. The van der Waals surface area contributed by atoms with Gasteiger partial charge in [-0.25, -0.2) is 0 Å². The third kappa shape index (κ3) is 1.62. The molecule has 2 atom stereocenters. The lowest BCUT2D eigenvalue weighted by Crippen LogP contribution is -2.31. The van der Waals surface area contributed by atoms with E-state index in [9.17, 15) is 9.90 Å². The Morgan fingerprint density at radius 1 is 1.39 bits per heavy atom. The highest BCUT2D eigenvalue weighted by Crippen LogP contribution is 2.52. The number of ether oxygens (including phenoxy) is 1. The lowest BCUT2D eigenvalue weighted by molar-refractivity contribution is -0.146. The minimum absolute atomic E-state index is 0.0841. The number of phenolic OH excluding ortho intramolecular Hbond substituents is 1. The maximum absolute atomic E-state index is 12.1. The number of phenols is 1. The van der Waals surface area contributed by atoms with Crippen molar-refractivity contribution in [3.05, 3.63) is 42.0 Å². The van der Waals surface area contributed by atoms with Crippen LogP contribution in [0.15, 0.2) is 36.4 Å². The van der Waals surface area contributed by atoms with Gasteiger partial charge < -0.3 is 9.84 Å². The molecule has 3 heteroatoms. The van der Waals surface area contributed by atoms with Crippen LogP contribution in [-0.4, -0.2) is 17.7 Å². The molecule has 0 amide bonds. The molecular formula is C15H16O3. The van der Waals surface area contributed by atoms with E-state index >= 15 is 0 Å². The summed E-state index contributed by atoms with van der Waals surface area (Å²) in [6.07, 6.45) is 2.30. The minimum atomic E-state index is -0.409. The number of hydrogen-bond acceptors (Lipinski definition) is 3. The molecule has 1 saturated carbocycles. The number of rotatable bonds is 2. The Kier molecular flexibility index (Phi) is 2.44. The van der Waals surface area contributed by atoms with Gasteiger partial charge in [0.2, 0.25) is 0 Å². The SMILES string of the molecule is C=C1C[C@@H]2COC(=O)[C@@]2(Cc2ccc(O)cc2)C1. The van der Waals surface area contributed by atoms with Crippen molar-refractivity contribution >= 4 is 5.97 Å². The molecule has 2 fully saturated rings. The molecule has 18 heavy (non-hydrogen) atoms. The number of allylic oxidation sites excluding steroid dienone is 1. The molecule has 0 unspecified atom stereocenters. The molecule has 94 valence electrons. The zero-order valence-electron chi connectivity index (χ0n) is 10.2. The van der Waals surface area contributed by atoms with Gasteiger partial charge in [-0.1, -0.05) is 24.3 Å². The number of carbonyl (C=O) groups is 1. The molecule has 1 heterocycles. The number of aromatic hydroxyl groups is 1. The molecule has 0 spiro atoms.